The molecule has 2 aromatic rings. The molecule has 0 spiro atoms. The summed E-state index contributed by atoms with van der Waals surface area (Å²) in [5, 5.41) is 0. The van der Waals surface area contributed by atoms with Crippen LogP contribution in [-0.2, 0) is 14.8 Å². The van der Waals surface area contributed by atoms with Crippen molar-refractivity contribution in [2.45, 2.75) is 13.8 Å². The third-order valence-corrected chi connectivity index (χ3v) is 7.51. The number of hydrogen-bond acceptors (Lipinski definition) is 5. The molecule has 1 atom stereocenters. The summed E-state index contributed by atoms with van der Waals surface area (Å²) in [5.74, 6) is -1.26. The van der Waals surface area contributed by atoms with Gasteiger partial charge >= 0.3 is 0 Å². The number of piperazine rings is 1. The van der Waals surface area contributed by atoms with Crippen molar-refractivity contribution >= 4 is 33.2 Å². The normalized spacial score (nSPS) is 21.2. The maximum absolute atomic E-state index is 12.9. The van der Waals surface area contributed by atoms with E-state index in [4.69, 9.17) is 0 Å². The van der Waals surface area contributed by atoms with E-state index in [1.807, 2.05) is 6.07 Å². The van der Waals surface area contributed by atoms with E-state index in [1.54, 1.807) is 24.0 Å². The van der Waals surface area contributed by atoms with Crippen LogP contribution in [0.5, 0.6) is 0 Å². The van der Waals surface area contributed by atoms with Gasteiger partial charge in [-0.15, -0.1) is 0 Å². The van der Waals surface area contributed by atoms with Gasteiger partial charge in [-0.1, -0.05) is 19.1 Å². The Bertz CT molecular complexity index is 1070. The number of rotatable bonds is 3. The fourth-order valence-electron chi connectivity index (χ4n) is 4.00. The molecule has 0 saturated carbocycles. The number of anilines is 2. The molecule has 30 heavy (non-hydrogen) atoms. The van der Waals surface area contributed by atoms with Gasteiger partial charge < -0.3 is 9.80 Å². The molecule has 2 heterocycles. The number of hydrogen-bond donors (Lipinski definition) is 0. The van der Waals surface area contributed by atoms with Gasteiger partial charge in [0.1, 0.15) is 0 Å². The lowest BCUT2D eigenvalue weighted by molar-refractivity contribution is -0.119. The molecule has 2 aliphatic rings. The Kier molecular flexibility index (Phi) is 5.27. The van der Waals surface area contributed by atoms with Crippen LogP contribution >= 0.6 is 0 Å². The van der Waals surface area contributed by atoms with E-state index in [-0.39, 0.29) is 17.3 Å². The Morgan fingerprint density at radius 3 is 2.20 bits per heavy atom. The molecule has 0 radical (unpaired) electrons. The minimum absolute atomic E-state index is 0.0885. The summed E-state index contributed by atoms with van der Waals surface area (Å²) in [6.07, 6.45) is 0. The SMILES string of the molecule is Cc1cccc(N2CCN(C(=O)c3ccc(N4C(=O)[C@H](C)CS4(=O)=O)cc3)CC2)c1. The predicted octanol–water partition coefficient (Wildman–Crippen LogP) is 2.27. The van der Waals surface area contributed by atoms with Crippen molar-refractivity contribution in [3.8, 4) is 0 Å². The van der Waals surface area contributed by atoms with Crippen LogP contribution in [0.15, 0.2) is 48.5 Å². The highest BCUT2D eigenvalue weighted by molar-refractivity contribution is 7.94. The highest BCUT2D eigenvalue weighted by atomic mass is 32.2. The predicted molar refractivity (Wildman–Crippen MR) is 116 cm³/mol. The Labute approximate surface area is 176 Å². The number of sulfonamides is 1. The molecule has 0 aromatic heterocycles. The van der Waals surface area contributed by atoms with Crippen LogP contribution in [0.25, 0.3) is 0 Å². The third kappa shape index (κ3) is 3.79. The van der Waals surface area contributed by atoms with Gasteiger partial charge in [0, 0.05) is 37.4 Å². The fraction of sp³-hybridized carbons (Fsp3) is 0.364. The number of carbonyl (C=O) groups is 2. The van der Waals surface area contributed by atoms with Crippen LogP contribution in [0, 0.1) is 12.8 Å². The first-order chi connectivity index (χ1) is 14.3. The second-order valence-electron chi connectivity index (χ2n) is 7.95. The number of amides is 2. The zero-order valence-corrected chi connectivity index (χ0v) is 17.9. The van der Waals surface area contributed by atoms with Crippen LogP contribution in [0.3, 0.4) is 0 Å². The van der Waals surface area contributed by atoms with Crippen molar-refractivity contribution in [3.05, 3.63) is 59.7 Å². The summed E-state index contributed by atoms with van der Waals surface area (Å²) in [6.45, 7) is 6.41. The molecular formula is C22H25N3O4S. The lowest BCUT2D eigenvalue weighted by Gasteiger charge is -2.36. The smallest absolute Gasteiger partial charge is 0.253 e. The van der Waals surface area contributed by atoms with E-state index in [2.05, 4.69) is 30.0 Å². The summed E-state index contributed by atoms with van der Waals surface area (Å²) in [5.41, 5.74) is 3.14. The monoisotopic (exact) mass is 427 g/mol. The van der Waals surface area contributed by atoms with Crippen molar-refractivity contribution in [1.29, 1.82) is 0 Å². The molecule has 8 heteroatoms. The molecule has 158 valence electrons. The molecule has 2 saturated heterocycles. The van der Waals surface area contributed by atoms with Crippen LogP contribution in [0.2, 0.25) is 0 Å². The molecule has 4 rings (SSSR count). The summed E-state index contributed by atoms with van der Waals surface area (Å²) < 4.78 is 25.3. The average molecular weight is 428 g/mol. The minimum Gasteiger partial charge on any atom is -0.368 e. The van der Waals surface area contributed by atoms with E-state index in [1.165, 1.54) is 17.7 Å². The van der Waals surface area contributed by atoms with Gasteiger partial charge in [0.2, 0.25) is 15.9 Å². The Morgan fingerprint density at radius 2 is 1.63 bits per heavy atom. The van der Waals surface area contributed by atoms with Gasteiger partial charge in [-0.05, 0) is 48.9 Å². The zero-order valence-electron chi connectivity index (χ0n) is 17.1. The Hall–Kier alpha value is -2.87. The maximum Gasteiger partial charge on any atom is 0.253 e. The summed E-state index contributed by atoms with van der Waals surface area (Å²) in [4.78, 5) is 29.2. The minimum atomic E-state index is -3.64. The first-order valence-corrected chi connectivity index (χ1v) is 11.6. The van der Waals surface area contributed by atoms with Gasteiger partial charge in [-0.25, -0.2) is 12.7 Å². The van der Waals surface area contributed by atoms with E-state index in [9.17, 15) is 18.0 Å². The molecule has 2 aromatic carbocycles. The molecule has 0 N–H and O–H groups in total. The van der Waals surface area contributed by atoms with Gasteiger partial charge in [0.05, 0.1) is 17.4 Å². The molecule has 0 bridgehead atoms. The topological polar surface area (TPSA) is 78.0 Å². The molecule has 0 unspecified atom stereocenters. The molecule has 7 nitrogen and oxygen atoms in total. The fourth-order valence-corrected chi connectivity index (χ4v) is 5.82. The number of benzene rings is 2. The van der Waals surface area contributed by atoms with E-state index < -0.39 is 21.8 Å². The van der Waals surface area contributed by atoms with Gasteiger partial charge in [-0.2, -0.15) is 0 Å². The Morgan fingerprint density at radius 1 is 0.967 bits per heavy atom. The number of aryl methyl sites for hydroxylation is 1. The second kappa shape index (κ2) is 7.75. The van der Waals surface area contributed by atoms with Gasteiger partial charge in [-0.3, -0.25) is 9.59 Å². The average Bonchev–Trinajstić information content (AvgIpc) is 2.94. The van der Waals surface area contributed by atoms with Crippen LogP contribution < -0.4 is 9.21 Å². The van der Waals surface area contributed by atoms with Crippen molar-refractivity contribution < 1.29 is 18.0 Å². The van der Waals surface area contributed by atoms with Crippen LogP contribution in [0.4, 0.5) is 11.4 Å². The standard InChI is InChI=1S/C22H25N3O4S/c1-16-4-3-5-20(14-16)23-10-12-24(13-11-23)22(27)18-6-8-19(9-7-18)25-21(26)17(2)15-30(25,28)29/h3-9,14,17H,10-13,15H2,1-2H3/t17-/m1/s1. The molecule has 0 aliphatic carbocycles. The number of carbonyl (C=O) groups excluding carboxylic acids is 2. The first kappa shape index (κ1) is 20.4. The van der Waals surface area contributed by atoms with Gasteiger partial charge in [0.15, 0.2) is 0 Å². The molecule has 2 aliphatic heterocycles. The van der Waals surface area contributed by atoms with Crippen LogP contribution in [0.1, 0.15) is 22.8 Å². The van der Waals surface area contributed by atoms with Crippen molar-refractivity contribution in [1.82, 2.24) is 4.90 Å². The highest BCUT2D eigenvalue weighted by Gasteiger charge is 2.41. The van der Waals surface area contributed by atoms with Crippen molar-refractivity contribution in [3.63, 3.8) is 0 Å². The maximum atomic E-state index is 12.9. The summed E-state index contributed by atoms with van der Waals surface area (Å²) in [7, 11) is -3.64. The van der Waals surface area contributed by atoms with Crippen molar-refractivity contribution in [2.75, 3.05) is 41.1 Å². The molecule has 2 amide bonds. The van der Waals surface area contributed by atoms with Gasteiger partial charge in [0.25, 0.3) is 5.91 Å². The largest absolute Gasteiger partial charge is 0.368 e. The van der Waals surface area contributed by atoms with E-state index in [0.29, 0.717) is 18.7 Å². The second-order valence-corrected chi connectivity index (χ2v) is 9.81. The van der Waals surface area contributed by atoms with E-state index in [0.717, 1.165) is 23.1 Å². The molecular weight excluding hydrogens is 402 g/mol. The highest BCUT2D eigenvalue weighted by Crippen LogP contribution is 2.28. The zero-order chi connectivity index (χ0) is 21.5. The summed E-state index contributed by atoms with van der Waals surface area (Å²) in [6, 6.07) is 14.6. The molecule has 2 fully saturated rings. The lowest BCUT2D eigenvalue weighted by Crippen LogP contribution is -2.48. The number of nitrogens with zero attached hydrogens (tertiary/aromatic N) is 3. The van der Waals surface area contributed by atoms with E-state index >= 15 is 0 Å². The van der Waals surface area contributed by atoms with Crippen molar-refractivity contribution in [2.24, 2.45) is 5.92 Å². The quantitative estimate of drug-likeness (QED) is 0.751. The van der Waals surface area contributed by atoms with Crippen LogP contribution in [-0.4, -0.2) is 57.1 Å². The first-order valence-electron chi connectivity index (χ1n) is 10.0. The lowest BCUT2D eigenvalue weighted by atomic mass is 10.1. The third-order valence-electron chi connectivity index (χ3n) is 5.64. The Balaban J connectivity index is 1.43. The summed E-state index contributed by atoms with van der Waals surface area (Å²) >= 11 is 0.